The third kappa shape index (κ3) is 7.80. The molecule has 0 saturated heterocycles. The Labute approximate surface area is 459 Å². The predicted octanol–water partition coefficient (Wildman–Crippen LogP) is 18.1. The zero-order valence-corrected chi connectivity index (χ0v) is 45.2. The maximum Gasteiger partial charge on any atom is 0.252 e. The first-order valence-corrected chi connectivity index (χ1v) is 27.5. The van der Waals surface area contributed by atoms with Crippen molar-refractivity contribution >= 4 is 79.0 Å². The second kappa shape index (κ2) is 18.3. The zero-order valence-electron chi connectivity index (χ0n) is 45.2. The van der Waals surface area contributed by atoms with Crippen LogP contribution in [0.5, 0.6) is 0 Å². The van der Waals surface area contributed by atoms with Gasteiger partial charge in [-0.1, -0.05) is 236 Å². The van der Waals surface area contributed by atoms with Crippen molar-refractivity contribution < 1.29 is 0 Å². The van der Waals surface area contributed by atoms with E-state index in [2.05, 4.69) is 311 Å². The van der Waals surface area contributed by atoms with Crippen LogP contribution in [0.3, 0.4) is 0 Å². The highest BCUT2D eigenvalue weighted by molar-refractivity contribution is 7.00. The zero-order chi connectivity index (χ0) is 52.9. The summed E-state index contributed by atoms with van der Waals surface area (Å²) in [5, 5.41) is 2.47. The van der Waals surface area contributed by atoms with Crippen molar-refractivity contribution in [2.75, 3.05) is 9.80 Å². The lowest BCUT2D eigenvalue weighted by molar-refractivity contribution is 0.592. The molecule has 374 valence electrons. The van der Waals surface area contributed by atoms with Gasteiger partial charge in [0.05, 0.1) is 16.7 Å². The minimum absolute atomic E-state index is 0.139. The van der Waals surface area contributed by atoms with Crippen molar-refractivity contribution in [2.45, 2.75) is 52.4 Å². The van der Waals surface area contributed by atoms with Crippen LogP contribution >= 0.6 is 0 Å². The maximum absolute atomic E-state index is 2.60. The monoisotopic (exact) mass is 1000 g/mol. The lowest BCUT2D eigenvalue weighted by atomic mass is 9.33. The van der Waals surface area contributed by atoms with E-state index >= 15 is 0 Å². The van der Waals surface area contributed by atoms with E-state index in [1.54, 1.807) is 0 Å². The molecule has 2 aliphatic heterocycles. The van der Waals surface area contributed by atoms with E-state index in [1.807, 2.05) is 0 Å². The van der Waals surface area contributed by atoms with Crippen LogP contribution in [0.25, 0.3) is 72.0 Å². The van der Waals surface area contributed by atoms with Gasteiger partial charge < -0.3 is 14.4 Å². The molecule has 0 radical (unpaired) electrons. The Kier molecular flexibility index (Phi) is 11.1. The highest BCUT2D eigenvalue weighted by atomic mass is 15.2. The molecule has 4 heteroatoms. The number of nitrogens with zero attached hydrogens (tertiary/aromatic N) is 3. The molecule has 0 amide bonds. The Hall–Kier alpha value is -9.12. The molecule has 0 bridgehead atoms. The molecule has 0 atom stereocenters. The van der Waals surface area contributed by atoms with Crippen molar-refractivity contribution in [1.82, 2.24) is 4.57 Å². The van der Waals surface area contributed by atoms with E-state index in [9.17, 15) is 0 Å². The van der Waals surface area contributed by atoms with Crippen molar-refractivity contribution in [3.05, 3.63) is 266 Å². The summed E-state index contributed by atoms with van der Waals surface area (Å²) in [4.78, 5) is 5.20. The van der Waals surface area contributed by atoms with Gasteiger partial charge in [0.25, 0.3) is 6.71 Å². The smallest absolute Gasteiger partial charge is 0.252 e. The molecule has 0 aliphatic carbocycles. The van der Waals surface area contributed by atoms with E-state index in [4.69, 9.17) is 0 Å². The number of anilines is 6. The summed E-state index contributed by atoms with van der Waals surface area (Å²) < 4.78 is 2.51. The summed E-state index contributed by atoms with van der Waals surface area (Å²) in [6.45, 7) is 14.1. The van der Waals surface area contributed by atoms with Crippen molar-refractivity contribution in [2.24, 2.45) is 0 Å². The van der Waals surface area contributed by atoms with Crippen molar-refractivity contribution in [3.63, 3.8) is 0 Å². The number of para-hydroxylation sites is 2. The molecule has 2 aliphatic rings. The van der Waals surface area contributed by atoms with Gasteiger partial charge in [0.15, 0.2) is 0 Å². The van der Waals surface area contributed by atoms with Crippen LogP contribution in [0.4, 0.5) is 34.1 Å². The molecule has 0 N–H and O–H groups in total. The number of benzene rings is 11. The van der Waals surface area contributed by atoms with Crippen molar-refractivity contribution in [1.29, 1.82) is 0 Å². The minimum Gasteiger partial charge on any atom is -0.311 e. The van der Waals surface area contributed by atoms with E-state index in [-0.39, 0.29) is 17.5 Å². The topological polar surface area (TPSA) is 11.4 Å². The second-order valence-electron chi connectivity index (χ2n) is 23.3. The quantitative estimate of drug-likeness (QED) is 0.147. The van der Waals surface area contributed by atoms with Crippen LogP contribution in [0.15, 0.2) is 255 Å². The molecule has 1 aromatic heterocycles. The molecule has 78 heavy (non-hydrogen) atoms. The van der Waals surface area contributed by atoms with E-state index in [1.165, 1.54) is 117 Å². The van der Waals surface area contributed by atoms with Gasteiger partial charge in [-0.3, -0.25) is 0 Å². The van der Waals surface area contributed by atoms with E-state index in [0.29, 0.717) is 0 Å². The largest absolute Gasteiger partial charge is 0.311 e. The van der Waals surface area contributed by atoms with Crippen LogP contribution in [-0.2, 0) is 10.8 Å². The molecule has 0 saturated carbocycles. The number of aromatic nitrogens is 1. The third-order valence-corrected chi connectivity index (χ3v) is 16.4. The standard InChI is InChI=1S/C74H60BN3/c1-73(2,3)62-47-68-64(45-60(62)53-27-15-9-16-28-53)75-65-46-61(54-29-17-10-18-30-54)63(74(4,5)6)48-69(65)77(56-41-37-52(38-42-56)50-25-13-8-14-26-50)71-44-57(78-66-33-21-19-31-58(66)59-32-20-22-34-67(59)78)43-70(72(71)75)76(68)55-39-35-51(36-40-55)49-23-11-7-12-24-49/h7-48H,1-6H3. The molecule has 14 rings (SSSR count). The number of hydrogen-bond acceptors (Lipinski definition) is 2. The highest BCUT2D eigenvalue weighted by Gasteiger charge is 2.46. The van der Waals surface area contributed by atoms with Gasteiger partial charge in [-0.25, -0.2) is 0 Å². The van der Waals surface area contributed by atoms with Gasteiger partial charge in [-0.2, -0.15) is 0 Å². The minimum atomic E-state index is -0.186. The summed E-state index contributed by atoms with van der Waals surface area (Å²) in [6, 6.07) is 95.3. The molecule has 3 nitrogen and oxygen atoms in total. The summed E-state index contributed by atoms with van der Waals surface area (Å²) in [7, 11) is 0. The fourth-order valence-electron chi connectivity index (χ4n) is 12.8. The molecular formula is C74H60BN3. The Morgan fingerprint density at radius 1 is 0.295 bits per heavy atom. The molecule has 0 spiro atoms. The van der Waals surface area contributed by atoms with Crippen LogP contribution < -0.4 is 26.2 Å². The molecular weight excluding hydrogens is 942 g/mol. The summed E-state index contributed by atoms with van der Waals surface area (Å²) >= 11 is 0. The fourth-order valence-corrected chi connectivity index (χ4v) is 12.8. The first-order valence-electron chi connectivity index (χ1n) is 27.5. The number of fused-ring (bicyclic) bond motifs is 7. The summed E-state index contributed by atoms with van der Waals surface area (Å²) in [6.07, 6.45) is 0. The second-order valence-corrected chi connectivity index (χ2v) is 23.3. The molecule has 3 heterocycles. The van der Waals surface area contributed by atoms with E-state index in [0.717, 1.165) is 17.1 Å². The van der Waals surface area contributed by atoms with Gasteiger partial charge >= 0.3 is 0 Å². The van der Waals surface area contributed by atoms with E-state index < -0.39 is 0 Å². The van der Waals surface area contributed by atoms with Crippen LogP contribution in [0, 0.1) is 0 Å². The third-order valence-electron chi connectivity index (χ3n) is 16.4. The first-order chi connectivity index (χ1) is 38.0. The fraction of sp³-hybridized carbons (Fsp3) is 0.108. The molecule has 11 aromatic carbocycles. The maximum atomic E-state index is 2.60. The van der Waals surface area contributed by atoms with Gasteiger partial charge in [0, 0.05) is 44.9 Å². The van der Waals surface area contributed by atoms with Gasteiger partial charge in [0.1, 0.15) is 0 Å². The lowest BCUT2D eigenvalue weighted by Crippen LogP contribution is -2.61. The lowest BCUT2D eigenvalue weighted by Gasteiger charge is -2.46. The average Bonchev–Trinajstić information content (AvgIpc) is 3.94. The normalized spacial score (nSPS) is 12.9. The van der Waals surface area contributed by atoms with Crippen LogP contribution in [0.1, 0.15) is 52.7 Å². The Balaban J connectivity index is 1.15. The number of hydrogen-bond donors (Lipinski definition) is 0. The first kappa shape index (κ1) is 47.3. The SMILES string of the molecule is CC(C)(C)c1cc2c(cc1-c1ccccc1)B1c3cc(-c4ccccc4)c(C(C)(C)C)cc3N(c3ccc(-c4ccccc4)cc3)c3cc(-n4c5ccccc5c5ccccc54)cc(c31)N2c1ccc(-c2ccccc2)cc1. The van der Waals surface area contributed by atoms with Crippen LogP contribution in [0.2, 0.25) is 0 Å². The molecule has 0 unspecified atom stereocenters. The van der Waals surface area contributed by atoms with Gasteiger partial charge in [-0.15, -0.1) is 0 Å². The molecule has 12 aromatic rings. The Morgan fingerprint density at radius 2 is 0.628 bits per heavy atom. The number of rotatable bonds is 7. The predicted molar refractivity (Wildman–Crippen MR) is 334 cm³/mol. The van der Waals surface area contributed by atoms with Gasteiger partial charge in [-0.05, 0) is 144 Å². The van der Waals surface area contributed by atoms with Crippen LogP contribution in [-0.4, -0.2) is 11.3 Å². The van der Waals surface area contributed by atoms with Crippen molar-refractivity contribution in [3.8, 4) is 50.2 Å². The Morgan fingerprint density at radius 3 is 1.00 bits per heavy atom. The summed E-state index contributed by atoms with van der Waals surface area (Å²) in [5.74, 6) is 0. The Bertz CT molecular complexity index is 3970. The van der Waals surface area contributed by atoms with Gasteiger partial charge in [0.2, 0.25) is 0 Å². The molecule has 0 fully saturated rings. The average molecular weight is 1000 g/mol. The highest BCUT2D eigenvalue weighted by Crippen LogP contribution is 2.50. The summed E-state index contributed by atoms with van der Waals surface area (Å²) in [5.41, 5.74) is 26.3.